The zero-order valence-electron chi connectivity index (χ0n) is 18.2. The number of halogens is 1. The number of nitrogens with zero attached hydrogens (tertiary/aromatic N) is 2. The minimum absolute atomic E-state index is 0.0226. The number of amides is 2. The summed E-state index contributed by atoms with van der Waals surface area (Å²) in [5.41, 5.74) is 2.34. The van der Waals surface area contributed by atoms with Crippen molar-refractivity contribution in [1.29, 1.82) is 0 Å². The molecule has 8 heteroatoms. The maximum absolute atomic E-state index is 13.6. The normalized spacial score (nSPS) is 15.3. The molecule has 7 nitrogen and oxygen atoms in total. The first-order chi connectivity index (χ1) is 14.9. The highest BCUT2D eigenvalue weighted by Gasteiger charge is 2.27. The lowest BCUT2D eigenvalue weighted by Crippen LogP contribution is -2.45. The summed E-state index contributed by atoms with van der Waals surface area (Å²) < 4.78 is 24.2. The minimum atomic E-state index is -0.335. The Kier molecular flexibility index (Phi) is 7.33. The van der Waals surface area contributed by atoms with Gasteiger partial charge in [-0.3, -0.25) is 0 Å². The number of methoxy groups -OCH3 is 2. The summed E-state index contributed by atoms with van der Waals surface area (Å²) in [7, 11) is 3.16. The number of carbonyl (C=O) groups is 1. The molecule has 0 fully saturated rings. The van der Waals surface area contributed by atoms with E-state index in [1.54, 1.807) is 31.3 Å². The monoisotopic (exact) mass is 429 g/mol. The molecule has 0 spiro atoms. The van der Waals surface area contributed by atoms with E-state index < -0.39 is 0 Å². The van der Waals surface area contributed by atoms with Crippen LogP contribution in [-0.2, 0) is 11.4 Å². The van der Waals surface area contributed by atoms with Gasteiger partial charge in [-0.15, -0.1) is 0 Å². The first kappa shape index (κ1) is 22.4. The van der Waals surface area contributed by atoms with Crippen LogP contribution in [0.15, 0.2) is 47.6 Å². The summed E-state index contributed by atoms with van der Waals surface area (Å²) in [6.45, 7) is 4.36. The molecule has 166 valence electrons. The van der Waals surface area contributed by atoms with Gasteiger partial charge in [0.25, 0.3) is 0 Å². The molecule has 0 bridgehead atoms. The number of ether oxygens (including phenoxy) is 2. The lowest BCUT2D eigenvalue weighted by atomic mass is 10.0. The van der Waals surface area contributed by atoms with Crippen molar-refractivity contribution in [2.45, 2.75) is 39.0 Å². The zero-order chi connectivity index (χ0) is 22.4. The van der Waals surface area contributed by atoms with Crippen molar-refractivity contribution in [2.75, 3.05) is 20.8 Å². The maximum Gasteiger partial charge on any atom is 0.318 e. The van der Waals surface area contributed by atoms with Crippen molar-refractivity contribution < 1.29 is 23.5 Å². The van der Waals surface area contributed by atoms with Crippen molar-refractivity contribution >= 4 is 11.7 Å². The van der Waals surface area contributed by atoms with E-state index in [0.29, 0.717) is 30.0 Å². The van der Waals surface area contributed by atoms with Gasteiger partial charge in [0.05, 0.1) is 26.5 Å². The van der Waals surface area contributed by atoms with Gasteiger partial charge in [0, 0.05) is 24.6 Å². The Morgan fingerprint density at radius 2 is 2.00 bits per heavy atom. The van der Waals surface area contributed by atoms with Gasteiger partial charge in [0.15, 0.2) is 17.6 Å². The predicted molar refractivity (Wildman–Crippen MR) is 116 cm³/mol. The maximum atomic E-state index is 13.6. The fourth-order valence-corrected chi connectivity index (χ4v) is 3.37. The van der Waals surface area contributed by atoms with E-state index in [0.717, 1.165) is 11.3 Å². The third-order valence-electron chi connectivity index (χ3n) is 4.84. The van der Waals surface area contributed by atoms with E-state index in [2.05, 4.69) is 10.5 Å². The molecule has 2 aromatic carbocycles. The summed E-state index contributed by atoms with van der Waals surface area (Å²) in [6, 6.07) is 11.5. The number of hydrogen-bond donors (Lipinski definition) is 1. The van der Waals surface area contributed by atoms with Crippen LogP contribution < -0.4 is 14.8 Å². The molecule has 0 aliphatic carbocycles. The molecule has 0 saturated carbocycles. The number of benzene rings is 2. The lowest BCUT2D eigenvalue weighted by molar-refractivity contribution is 0.0586. The average Bonchev–Trinajstić information content (AvgIpc) is 3.21. The van der Waals surface area contributed by atoms with Crippen LogP contribution in [-0.4, -0.2) is 49.6 Å². The Balaban J connectivity index is 1.70. The minimum Gasteiger partial charge on any atom is -0.493 e. The van der Waals surface area contributed by atoms with E-state index in [1.807, 2.05) is 32.0 Å². The van der Waals surface area contributed by atoms with Gasteiger partial charge < -0.3 is 24.5 Å². The van der Waals surface area contributed by atoms with Gasteiger partial charge in [-0.25, -0.2) is 9.18 Å². The van der Waals surface area contributed by atoms with Gasteiger partial charge in [0.2, 0.25) is 0 Å². The molecule has 1 N–H and O–H groups in total. The standard InChI is InChI=1S/C23H28FN3O4/c1-15(2)25-23(28)27(13-16-6-5-7-18(24)10-16)14-19-12-20(26-31-19)17-8-9-21(29-3)22(11-17)30-4/h5-11,15,19H,12-14H2,1-4H3,(H,25,28)/t19-/m0/s1. The van der Waals surface area contributed by atoms with Crippen molar-refractivity contribution in [2.24, 2.45) is 5.16 Å². The largest absolute Gasteiger partial charge is 0.493 e. The van der Waals surface area contributed by atoms with Crippen LogP contribution >= 0.6 is 0 Å². The van der Waals surface area contributed by atoms with Crippen LogP contribution in [0, 0.1) is 5.82 Å². The summed E-state index contributed by atoms with van der Waals surface area (Å²) >= 11 is 0. The molecule has 0 radical (unpaired) electrons. The molecule has 2 amide bonds. The highest BCUT2D eigenvalue weighted by molar-refractivity contribution is 6.01. The Bertz CT molecular complexity index is 948. The Hall–Kier alpha value is -3.29. The molecule has 1 aliphatic heterocycles. The molecule has 1 heterocycles. The second-order valence-electron chi connectivity index (χ2n) is 7.65. The topological polar surface area (TPSA) is 72.4 Å². The van der Waals surface area contributed by atoms with Crippen molar-refractivity contribution in [3.05, 3.63) is 59.4 Å². The predicted octanol–water partition coefficient (Wildman–Crippen LogP) is 3.96. The summed E-state index contributed by atoms with van der Waals surface area (Å²) in [5, 5.41) is 7.11. The van der Waals surface area contributed by atoms with Crippen LogP contribution in [0.2, 0.25) is 0 Å². The molecule has 0 unspecified atom stereocenters. The smallest absolute Gasteiger partial charge is 0.318 e. The van der Waals surface area contributed by atoms with E-state index in [-0.39, 0.29) is 30.5 Å². The summed E-state index contributed by atoms with van der Waals surface area (Å²) in [5.74, 6) is 0.905. The van der Waals surface area contributed by atoms with Gasteiger partial charge >= 0.3 is 6.03 Å². The Morgan fingerprint density at radius 1 is 1.23 bits per heavy atom. The second kappa shape index (κ2) is 10.1. The number of nitrogens with one attached hydrogen (secondary N) is 1. The number of carbonyl (C=O) groups excluding carboxylic acids is 1. The molecule has 1 aliphatic rings. The number of urea groups is 1. The Labute approximate surface area is 181 Å². The Morgan fingerprint density at radius 3 is 2.68 bits per heavy atom. The zero-order valence-corrected chi connectivity index (χ0v) is 18.2. The molecule has 0 saturated heterocycles. The molecular formula is C23H28FN3O4. The van der Waals surface area contributed by atoms with E-state index >= 15 is 0 Å². The third kappa shape index (κ3) is 5.87. The van der Waals surface area contributed by atoms with Crippen LogP contribution in [0.3, 0.4) is 0 Å². The highest BCUT2D eigenvalue weighted by Crippen LogP contribution is 2.29. The van der Waals surface area contributed by atoms with Crippen LogP contribution in [0.5, 0.6) is 11.5 Å². The first-order valence-electron chi connectivity index (χ1n) is 10.1. The molecule has 3 rings (SSSR count). The quantitative estimate of drug-likeness (QED) is 0.690. The fourth-order valence-electron chi connectivity index (χ4n) is 3.37. The van der Waals surface area contributed by atoms with Crippen LogP contribution in [0.4, 0.5) is 9.18 Å². The molecule has 31 heavy (non-hydrogen) atoms. The SMILES string of the molecule is COc1ccc(C2=NO[C@H](CN(Cc3cccc(F)c3)C(=O)NC(C)C)C2)cc1OC. The van der Waals surface area contributed by atoms with Crippen LogP contribution in [0.25, 0.3) is 0 Å². The summed E-state index contributed by atoms with van der Waals surface area (Å²) in [6.07, 6.45) is 0.221. The second-order valence-corrected chi connectivity index (χ2v) is 7.65. The number of oxime groups is 1. The molecule has 1 atom stereocenters. The molecular weight excluding hydrogens is 401 g/mol. The van der Waals surface area contributed by atoms with Gasteiger partial charge in [-0.05, 0) is 49.7 Å². The van der Waals surface area contributed by atoms with E-state index in [1.165, 1.54) is 12.1 Å². The fraction of sp³-hybridized carbons (Fsp3) is 0.391. The van der Waals surface area contributed by atoms with E-state index in [9.17, 15) is 9.18 Å². The highest BCUT2D eigenvalue weighted by atomic mass is 19.1. The number of hydrogen-bond acceptors (Lipinski definition) is 5. The van der Waals surface area contributed by atoms with Crippen LogP contribution in [0.1, 0.15) is 31.4 Å². The lowest BCUT2D eigenvalue weighted by Gasteiger charge is -2.26. The molecule has 0 aromatic heterocycles. The first-order valence-corrected chi connectivity index (χ1v) is 10.1. The van der Waals surface area contributed by atoms with Crippen molar-refractivity contribution in [3.63, 3.8) is 0 Å². The van der Waals surface area contributed by atoms with E-state index in [4.69, 9.17) is 14.3 Å². The van der Waals surface area contributed by atoms with Crippen molar-refractivity contribution in [1.82, 2.24) is 10.2 Å². The van der Waals surface area contributed by atoms with Crippen molar-refractivity contribution in [3.8, 4) is 11.5 Å². The van der Waals surface area contributed by atoms with Gasteiger partial charge in [-0.2, -0.15) is 0 Å². The van der Waals surface area contributed by atoms with Gasteiger partial charge in [-0.1, -0.05) is 17.3 Å². The average molecular weight is 429 g/mol. The summed E-state index contributed by atoms with van der Waals surface area (Å²) in [4.78, 5) is 20.0. The number of rotatable bonds is 8. The molecule has 2 aromatic rings. The third-order valence-corrected chi connectivity index (χ3v) is 4.84. The van der Waals surface area contributed by atoms with Gasteiger partial charge in [0.1, 0.15) is 5.82 Å².